The minimum Gasteiger partial charge on any atom is -0.388 e. The average molecular weight is 165 g/mol. The maximum Gasteiger partial charge on any atom is 0.144 e. The van der Waals surface area contributed by atoms with Crippen molar-refractivity contribution < 1.29 is 4.79 Å². The highest BCUT2D eigenvalue weighted by atomic mass is 16.1. The normalized spacial score (nSPS) is 35.1. The Labute approximate surface area is 73.0 Å². The molecule has 2 rings (SSSR count). The lowest BCUT2D eigenvalue weighted by Gasteiger charge is -2.38. The fourth-order valence-corrected chi connectivity index (χ4v) is 2.21. The molecule has 2 nitrogen and oxygen atoms in total. The summed E-state index contributed by atoms with van der Waals surface area (Å²) in [6.45, 7) is 3.11. The Morgan fingerprint density at radius 1 is 1.58 bits per heavy atom. The van der Waals surface area contributed by atoms with Gasteiger partial charge in [-0.15, -0.1) is 0 Å². The summed E-state index contributed by atoms with van der Waals surface area (Å²) in [5.74, 6) is 0.423. The molecule has 1 fully saturated rings. The summed E-state index contributed by atoms with van der Waals surface area (Å²) in [6, 6.07) is 0. The van der Waals surface area contributed by atoms with Crippen molar-refractivity contribution >= 4 is 5.78 Å². The van der Waals surface area contributed by atoms with Crippen molar-refractivity contribution in [1.29, 1.82) is 0 Å². The number of rotatable bonds is 0. The maximum absolute atomic E-state index is 11.7. The van der Waals surface area contributed by atoms with Crippen LogP contribution in [-0.4, -0.2) is 12.3 Å². The van der Waals surface area contributed by atoms with Crippen LogP contribution >= 0.6 is 0 Å². The summed E-state index contributed by atoms with van der Waals surface area (Å²) in [6.07, 6.45) is 6.02. The summed E-state index contributed by atoms with van der Waals surface area (Å²) in [5, 5.41) is 3.33. The van der Waals surface area contributed by atoms with E-state index in [1.165, 1.54) is 5.70 Å². The minimum atomic E-state index is -0.156. The zero-order valence-electron chi connectivity index (χ0n) is 7.52. The molecule has 1 heterocycles. The average Bonchev–Trinajstić information content (AvgIpc) is 2.07. The molecule has 1 saturated heterocycles. The van der Waals surface area contributed by atoms with E-state index in [0.717, 1.165) is 32.2 Å². The van der Waals surface area contributed by atoms with Crippen LogP contribution in [0, 0.1) is 5.41 Å². The highest BCUT2D eigenvalue weighted by molar-refractivity contribution is 5.88. The van der Waals surface area contributed by atoms with Gasteiger partial charge in [0.05, 0.1) is 5.41 Å². The summed E-state index contributed by atoms with van der Waals surface area (Å²) in [7, 11) is 0. The third-order valence-electron chi connectivity index (χ3n) is 3.10. The first kappa shape index (κ1) is 7.84. The van der Waals surface area contributed by atoms with Gasteiger partial charge >= 0.3 is 0 Å². The SMILES string of the molecule is C[C@]12CCCNC1=CCCC2=O. The Morgan fingerprint density at radius 3 is 3.17 bits per heavy atom. The summed E-state index contributed by atoms with van der Waals surface area (Å²) in [5.41, 5.74) is 1.03. The molecule has 12 heavy (non-hydrogen) atoms. The quantitative estimate of drug-likeness (QED) is 0.591. The fourth-order valence-electron chi connectivity index (χ4n) is 2.21. The van der Waals surface area contributed by atoms with E-state index in [1.807, 2.05) is 0 Å². The molecule has 0 aromatic carbocycles. The first-order valence-corrected chi connectivity index (χ1v) is 4.71. The molecule has 1 N–H and O–H groups in total. The van der Waals surface area contributed by atoms with E-state index < -0.39 is 0 Å². The van der Waals surface area contributed by atoms with E-state index in [2.05, 4.69) is 18.3 Å². The molecule has 0 amide bonds. The van der Waals surface area contributed by atoms with Crippen molar-refractivity contribution in [3.8, 4) is 0 Å². The zero-order chi connectivity index (χ0) is 8.60. The van der Waals surface area contributed by atoms with Crippen molar-refractivity contribution in [1.82, 2.24) is 5.32 Å². The number of allylic oxidation sites excluding steroid dienone is 2. The number of ketones is 1. The Bertz CT molecular complexity index is 244. The number of piperidine rings is 1. The number of fused-ring (bicyclic) bond motifs is 1. The van der Waals surface area contributed by atoms with Crippen LogP contribution in [0.4, 0.5) is 0 Å². The van der Waals surface area contributed by atoms with Crippen molar-refractivity contribution in [3.63, 3.8) is 0 Å². The highest BCUT2D eigenvalue weighted by Crippen LogP contribution is 2.39. The van der Waals surface area contributed by atoms with Gasteiger partial charge in [0.25, 0.3) is 0 Å². The van der Waals surface area contributed by atoms with Crippen LogP contribution in [0.1, 0.15) is 32.6 Å². The van der Waals surface area contributed by atoms with Gasteiger partial charge in [0.1, 0.15) is 5.78 Å². The topological polar surface area (TPSA) is 29.1 Å². The number of Topliss-reactive ketones (excluding diaryl/α,β-unsaturated/α-hetero) is 1. The molecule has 0 bridgehead atoms. The van der Waals surface area contributed by atoms with E-state index >= 15 is 0 Å². The van der Waals surface area contributed by atoms with Gasteiger partial charge in [-0.3, -0.25) is 4.79 Å². The van der Waals surface area contributed by atoms with Crippen LogP contribution in [0.3, 0.4) is 0 Å². The van der Waals surface area contributed by atoms with Gasteiger partial charge in [-0.05, 0) is 26.2 Å². The van der Waals surface area contributed by atoms with Crippen molar-refractivity contribution in [2.75, 3.05) is 6.54 Å². The molecule has 1 atom stereocenters. The van der Waals surface area contributed by atoms with Gasteiger partial charge in [-0.25, -0.2) is 0 Å². The Morgan fingerprint density at radius 2 is 2.42 bits per heavy atom. The number of carbonyl (C=O) groups excluding carboxylic acids is 1. The largest absolute Gasteiger partial charge is 0.388 e. The van der Waals surface area contributed by atoms with Crippen LogP contribution < -0.4 is 5.32 Å². The number of hydrogen-bond acceptors (Lipinski definition) is 2. The Kier molecular flexibility index (Phi) is 1.71. The van der Waals surface area contributed by atoms with Gasteiger partial charge in [0.15, 0.2) is 0 Å². The predicted octanol–water partition coefficient (Wildman–Crippen LogP) is 1.62. The molecule has 2 heteroatoms. The molecule has 2 aliphatic rings. The Balaban J connectivity index is 2.33. The molecular formula is C10H15NO. The van der Waals surface area contributed by atoms with Gasteiger partial charge < -0.3 is 5.32 Å². The summed E-state index contributed by atoms with van der Waals surface area (Å²) < 4.78 is 0. The van der Waals surface area contributed by atoms with Crippen molar-refractivity contribution in [3.05, 3.63) is 11.8 Å². The second-order valence-corrected chi connectivity index (χ2v) is 3.94. The van der Waals surface area contributed by atoms with Crippen LogP contribution in [-0.2, 0) is 4.79 Å². The standard InChI is InChI=1S/C10H15NO/c1-10-6-3-7-11-8(10)4-2-5-9(10)12/h4,11H,2-3,5-7H2,1H3/t10-/m0/s1. The second-order valence-electron chi connectivity index (χ2n) is 3.94. The second kappa shape index (κ2) is 2.61. The molecule has 66 valence electrons. The Hall–Kier alpha value is -0.790. The highest BCUT2D eigenvalue weighted by Gasteiger charge is 2.39. The van der Waals surface area contributed by atoms with Gasteiger partial charge in [-0.2, -0.15) is 0 Å². The van der Waals surface area contributed by atoms with E-state index in [1.54, 1.807) is 0 Å². The lowest BCUT2D eigenvalue weighted by atomic mass is 9.71. The molecule has 0 aromatic rings. The lowest BCUT2D eigenvalue weighted by Crippen LogP contribution is -2.42. The molecule has 0 radical (unpaired) electrons. The maximum atomic E-state index is 11.7. The molecule has 0 aromatic heterocycles. The van der Waals surface area contributed by atoms with Crippen LogP contribution in [0.2, 0.25) is 0 Å². The smallest absolute Gasteiger partial charge is 0.144 e. The molecule has 0 unspecified atom stereocenters. The van der Waals surface area contributed by atoms with Crippen molar-refractivity contribution in [2.45, 2.75) is 32.6 Å². The number of carbonyl (C=O) groups is 1. The zero-order valence-corrected chi connectivity index (χ0v) is 7.52. The number of hydrogen-bond donors (Lipinski definition) is 1. The third-order valence-corrected chi connectivity index (χ3v) is 3.10. The molecule has 0 saturated carbocycles. The van der Waals surface area contributed by atoms with E-state index in [4.69, 9.17) is 0 Å². The third kappa shape index (κ3) is 0.977. The molecule has 1 aliphatic carbocycles. The fraction of sp³-hybridized carbons (Fsp3) is 0.700. The first-order chi connectivity index (χ1) is 5.73. The van der Waals surface area contributed by atoms with Gasteiger partial charge in [0.2, 0.25) is 0 Å². The van der Waals surface area contributed by atoms with Crippen molar-refractivity contribution in [2.24, 2.45) is 5.41 Å². The monoisotopic (exact) mass is 165 g/mol. The van der Waals surface area contributed by atoms with Gasteiger partial charge in [0, 0.05) is 18.7 Å². The molecule has 0 spiro atoms. The van der Waals surface area contributed by atoms with E-state index in [9.17, 15) is 4.79 Å². The first-order valence-electron chi connectivity index (χ1n) is 4.71. The summed E-state index contributed by atoms with van der Waals surface area (Å²) >= 11 is 0. The van der Waals surface area contributed by atoms with E-state index in [-0.39, 0.29) is 5.41 Å². The summed E-state index contributed by atoms with van der Waals surface area (Å²) in [4.78, 5) is 11.7. The molecule has 1 aliphatic heterocycles. The minimum absolute atomic E-state index is 0.156. The van der Waals surface area contributed by atoms with E-state index in [0.29, 0.717) is 5.78 Å². The lowest BCUT2D eigenvalue weighted by molar-refractivity contribution is -0.127. The van der Waals surface area contributed by atoms with Gasteiger partial charge in [-0.1, -0.05) is 6.08 Å². The number of nitrogens with one attached hydrogen (secondary N) is 1. The molecular weight excluding hydrogens is 150 g/mol. The van der Waals surface area contributed by atoms with Crippen LogP contribution in [0.15, 0.2) is 11.8 Å². The predicted molar refractivity (Wildman–Crippen MR) is 47.7 cm³/mol. The van der Waals surface area contributed by atoms with Crippen LogP contribution in [0.5, 0.6) is 0 Å². The van der Waals surface area contributed by atoms with Crippen LogP contribution in [0.25, 0.3) is 0 Å².